The number of hydrogen-bond acceptors (Lipinski definition) is 2. The Morgan fingerprint density at radius 2 is 1.89 bits per heavy atom. The van der Waals surface area contributed by atoms with Crippen LogP contribution in [0.15, 0.2) is 24.3 Å². The molecule has 0 saturated heterocycles. The molecule has 0 spiro atoms. The summed E-state index contributed by atoms with van der Waals surface area (Å²) in [5, 5.41) is 6.10. The Balaban J connectivity index is 1.91. The van der Waals surface area contributed by atoms with E-state index >= 15 is 0 Å². The number of carbonyl (C=O) groups excluding carboxylic acids is 1. The van der Waals surface area contributed by atoms with E-state index in [1.54, 1.807) is 0 Å². The topological polar surface area (TPSA) is 41.1 Å². The van der Waals surface area contributed by atoms with Crippen LogP contribution >= 0.6 is 0 Å². The van der Waals surface area contributed by atoms with E-state index in [1.165, 1.54) is 12.8 Å². The summed E-state index contributed by atoms with van der Waals surface area (Å²) < 4.78 is 0. The van der Waals surface area contributed by atoms with Crippen molar-refractivity contribution >= 4 is 11.6 Å². The standard InChI is InChI=1S/C15H22N2O/c1-11(2)15(8-9-15)10-17-14(18)12-4-6-13(16-3)7-5-12/h4-7,11,16H,8-10H2,1-3H3,(H,17,18). The van der Waals surface area contributed by atoms with Crippen LogP contribution in [0.5, 0.6) is 0 Å². The van der Waals surface area contributed by atoms with Crippen LogP contribution in [-0.2, 0) is 0 Å². The molecule has 0 heterocycles. The van der Waals surface area contributed by atoms with Gasteiger partial charge < -0.3 is 10.6 Å². The predicted octanol–water partition coefficient (Wildman–Crippen LogP) is 2.89. The SMILES string of the molecule is CNc1ccc(C(=O)NCC2(C(C)C)CC2)cc1. The molecule has 0 radical (unpaired) electrons. The van der Waals surface area contributed by atoms with Crippen molar-refractivity contribution in [2.75, 3.05) is 18.9 Å². The molecule has 1 amide bonds. The number of carbonyl (C=O) groups is 1. The van der Waals surface area contributed by atoms with Crippen molar-refractivity contribution in [3.05, 3.63) is 29.8 Å². The average molecular weight is 246 g/mol. The third-order valence-corrected chi connectivity index (χ3v) is 4.15. The monoisotopic (exact) mass is 246 g/mol. The second-order valence-corrected chi connectivity index (χ2v) is 5.53. The number of anilines is 1. The highest BCUT2D eigenvalue weighted by atomic mass is 16.1. The van der Waals surface area contributed by atoms with Crippen molar-refractivity contribution in [3.63, 3.8) is 0 Å². The van der Waals surface area contributed by atoms with Crippen molar-refractivity contribution < 1.29 is 4.79 Å². The molecular formula is C15H22N2O. The van der Waals surface area contributed by atoms with E-state index in [1.807, 2.05) is 31.3 Å². The summed E-state index contributed by atoms with van der Waals surface area (Å²) in [7, 11) is 1.87. The zero-order valence-corrected chi connectivity index (χ0v) is 11.4. The summed E-state index contributed by atoms with van der Waals surface area (Å²) in [5.74, 6) is 0.675. The number of hydrogen-bond donors (Lipinski definition) is 2. The van der Waals surface area contributed by atoms with Crippen LogP contribution in [0.25, 0.3) is 0 Å². The highest BCUT2D eigenvalue weighted by molar-refractivity contribution is 5.94. The molecule has 1 fully saturated rings. The second-order valence-electron chi connectivity index (χ2n) is 5.53. The lowest BCUT2D eigenvalue weighted by molar-refractivity contribution is 0.0940. The molecule has 1 aliphatic carbocycles. The summed E-state index contributed by atoms with van der Waals surface area (Å²) in [6.07, 6.45) is 2.48. The van der Waals surface area contributed by atoms with Crippen LogP contribution < -0.4 is 10.6 Å². The Labute approximate surface area is 109 Å². The van der Waals surface area contributed by atoms with E-state index in [0.29, 0.717) is 11.3 Å². The highest BCUT2D eigenvalue weighted by Gasteiger charge is 2.45. The summed E-state index contributed by atoms with van der Waals surface area (Å²) >= 11 is 0. The fourth-order valence-corrected chi connectivity index (χ4v) is 2.27. The van der Waals surface area contributed by atoms with Gasteiger partial charge >= 0.3 is 0 Å². The molecule has 3 nitrogen and oxygen atoms in total. The molecule has 1 aromatic carbocycles. The van der Waals surface area contributed by atoms with Gasteiger partial charge in [0.05, 0.1) is 0 Å². The Morgan fingerprint density at radius 3 is 2.33 bits per heavy atom. The van der Waals surface area contributed by atoms with Crippen molar-refractivity contribution in [3.8, 4) is 0 Å². The number of benzene rings is 1. The average Bonchev–Trinajstić information content (AvgIpc) is 3.17. The highest BCUT2D eigenvalue weighted by Crippen LogP contribution is 2.51. The molecule has 1 aromatic rings. The Kier molecular flexibility index (Phi) is 3.60. The minimum absolute atomic E-state index is 0.0320. The van der Waals surface area contributed by atoms with Crippen molar-refractivity contribution in [2.45, 2.75) is 26.7 Å². The molecule has 0 atom stereocenters. The van der Waals surface area contributed by atoms with E-state index in [-0.39, 0.29) is 5.91 Å². The molecule has 0 aromatic heterocycles. The van der Waals surface area contributed by atoms with Gasteiger partial charge in [-0.15, -0.1) is 0 Å². The zero-order chi connectivity index (χ0) is 13.2. The van der Waals surface area contributed by atoms with Gasteiger partial charge in [-0.25, -0.2) is 0 Å². The summed E-state index contributed by atoms with van der Waals surface area (Å²) in [4.78, 5) is 12.0. The fourth-order valence-electron chi connectivity index (χ4n) is 2.27. The molecule has 2 rings (SSSR count). The summed E-state index contributed by atoms with van der Waals surface area (Å²) in [5.41, 5.74) is 2.11. The van der Waals surface area contributed by atoms with Gasteiger partial charge in [0.15, 0.2) is 0 Å². The van der Waals surface area contributed by atoms with Gasteiger partial charge in [-0.1, -0.05) is 13.8 Å². The molecule has 3 heteroatoms. The van der Waals surface area contributed by atoms with Gasteiger partial charge in [-0.2, -0.15) is 0 Å². The molecule has 0 unspecified atom stereocenters. The molecule has 0 aliphatic heterocycles. The molecule has 18 heavy (non-hydrogen) atoms. The van der Waals surface area contributed by atoms with E-state index in [9.17, 15) is 4.79 Å². The van der Waals surface area contributed by atoms with Crippen LogP contribution in [0, 0.1) is 11.3 Å². The van der Waals surface area contributed by atoms with Gasteiger partial charge in [0.25, 0.3) is 5.91 Å². The maximum atomic E-state index is 12.0. The molecular weight excluding hydrogens is 224 g/mol. The first-order valence-corrected chi connectivity index (χ1v) is 6.63. The lowest BCUT2D eigenvalue weighted by atomic mass is 9.92. The first-order valence-electron chi connectivity index (χ1n) is 6.63. The van der Waals surface area contributed by atoms with Crippen LogP contribution in [0.2, 0.25) is 0 Å². The van der Waals surface area contributed by atoms with E-state index < -0.39 is 0 Å². The molecule has 0 bridgehead atoms. The first kappa shape index (κ1) is 12.9. The van der Waals surface area contributed by atoms with E-state index in [4.69, 9.17) is 0 Å². The first-order chi connectivity index (χ1) is 8.57. The smallest absolute Gasteiger partial charge is 0.251 e. The summed E-state index contributed by atoms with van der Waals surface area (Å²) in [6, 6.07) is 7.56. The Morgan fingerprint density at radius 1 is 1.28 bits per heavy atom. The lowest BCUT2D eigenvalue weighted by Gasteiger charge is -2.20. The van der Waals surface area contributed by atoms with Gasteiger partial charge in [-0.3, -0.25) is 4.79 Å². The molecule has 2 N–H and O–H groups in total. The Hall–Kier alpha value is -1.51. The molecule has 1 saturated carbocycles. The Bertz CT molecular complexity index is 419. The fraction of sp³-hybridized carbons (Fsp3) is 0.533. The quantitative estimate of drug-likeness (QED) is 0.838. The van der Waals surface area contributed by atoms with Crippen LogP contribution in [-0.4, -0.2) is 19.5 Å². The predicted molar refractivity (Wildman–Crippen MR) is 74.8 cm³/mol. The van der Waals surface area contributed by atoms with Crippen LogP contribution in [0.3, 0.4) is 0 Å². The van der Waals surface area contributed by atoms with Gasteiger partial charge in [0.1, 0.15) is 0 Å². The van der Waals surface area contributed by atoms with Crippen LogP contribution in [0.1, 0.15) is 37.0 Å². The summed E-state index contributed by atoms with van der Waals surface area (Å²) in [6.45, 7) is 5.28. The van der Waals surface area contributed by atoms with Crippen LogP contribution in [0.4, 0.5) is 5.69 Å². The van der Waals surface area contributed by atoms with Crippen molar-refractivity contribution in [1.82, 2.24) is 5.32 Å². The third-order valence-electron chi connectivity index (χ3n) is 4.15. The van der Waals surface area contributed by atoms with Crippen molar-refractivity contribution in [2.24, 2.45) is 11.3 Å². The number of rotatable bonds is 5. The van der Waals surface area contributed by atoms with Gasteiger partial charge in [-0.05, 0) is 48.4 Å². The molecule has 1 aliphatic rings. The normalized spacial score (nSPS) is 16.4. The van der Waals surface area contributed by atoms with Gasteiger partial charge in [0, 0.05) is 24.8 Å². The third kappa shape index (κ3) is 2.66. The minimum Gasteiger partial charge on any atom is -0.388 e. The number of amides is 1. The minimum atomic E-state index is 0.0320. The largest absolute Gasteiger partial charge is 0.388 e. The molecule has 98 valence electrons. The van der Waals surface area contributed by atoms with Gasteiger partial charge in [0.2, 0.25) is 0 Å². The van der Waals surface area contributed by atoms with E-state index in [2.05, 4.69) is 24.5 Å². The lowest BCUT2D eigenvalue weighted by Crippen LogP contribution is -2.32. The van der Waals surface area contributed by atoms with E-state index in [0.717, 1.165) is 17.8 Å². The maximum absolute atomic E-state index is 12.0. The zero-order valence-electron chi connectivity index (χ0n) is 11.4. The number of nitrogens with one attached hydrogen (secondary N) is 2. The van der Waals surface area contributed by atoms with Crippen molar-refractivity contribution in [1.29, 1.82) is 0 Å². The second kappa shape index (κ2) is 5.01. The maximum Gasteiger partial charge on any atom is 0.251 e.